The number of hydrogen-bond donors (Lipinski definition) is 2. The van der Waals surface area contributed by atoms with Crippen molar-refractivity contribution >= 4 is 23.6 Å². The summed E-state index contributed by atoms with van der Waals surface area (Å²) in [5, 5.41) is 10.7. The van der Waals surface area contributed by atoms with E-state index in [0.717, 1.165) is 6.08 Å². The first-order valence-electron chi connectivity index (χ1n) is 4.48. The molecule has 0 radical (unpaired) electrons. The molecule has 1 aromatic rings. The summed E-state index contributed by atoms with van der Waals surface area (Å²) < 4.78 is 11.9. The Labute approximate surface area is 91.4 Å². The van der Waals surface area contributed by atoms with Crippen LogP contribution in [0.5, 0.6) is 0 Å². The zero-order valence-electron chi connectivity index (χ0n) is 8.31. The summed E-state index contributed by atoms with van der Waals surface area (Å²) in [6.45, 7) is -1.07. The number of hydrogen-bond acceptors (Lipinski definition) is 2. The van der Waals surface area contributed by atoms with E-state index in [1.165, 1.54) is 6.08 Å². The highest BCUT2D eigenvalue weighted by molar-refractivity contribution is 5.91. The third-order valence-electron chi connectivity index (χ3n) is 1.73. The van der Waals surface area contributed by atoms with Crippen LogP contribution < -0.4 is 5.32 Å². The van der Waals surface area contributed by atoms with E-state index in [1.54, 1.807) is 24.3 Å². The van der Waals surface area contributed by atoms with E-state index in [4.69, 9.17) is 5.11 Å². The predicted molar refractivity (Wildman–Crippen MR) is 57.7 cm³/mol. The molecule has 0 aliphatic carbocycles. The number of carbonyl (C=O) groups is 2. The number of rotatable bonds is 4. The van der Waals surface area contributed by atoms with E-state index in [2.05, 4.69) is 5.32 Å². The van der Waals surface area contributed by atoms with Gasteiger partial charge >= 0.3 is 5.97 Å². The first-order chi connectivity index (χ1) is 7.61. The lowest BCUT2D eigenvalue weighted by atomic mass is 10.2. The summed E-state index contributed by atoms with van der Waals surface area (Å²) >= 11 is 0. The molecule has 0 fully saturated rings. The van der Waals surface area contributed by atoms with Crippen LogP contribution in [0.1, 0.15) is 5.56 Å². The van der Waals surface area contributed by atoms with Gasteiger partial charge in [0.2, 0.25) is 0 Å². The van der Waals surface area contributed by atoms with Crippen molar-refractivity contribution in [3.8, 4) is 0 Å². The maximum atomic E-state index is 11.9. The molecule has 1 aromatic carbocycles. The first-order valence-corrected chi connectivity index (χ1v) is 4.48. The Kier molecular flexibility index (Phi) is 4.20. The molecule has 0 bridgehead atoms. The maximum Gasteiger partial charge on any atom is 0.328 e. The lowest BCUT2D eigenvalue weighted by Gasteiger charge is -2.02. The Morgan fingerprint density at radius 2 is 1.94 bits per heavy atom. The van der Waals surface area contributed by atoms with Gasteiger partial charge in [-0.1, -0.05) is 12.1 Å². The lowest BCUT2D eigenvalue weighted by molar-refractivity contribution is -0.131. The van der Waals surface area contributed by atoms with Gasteiger partial charge in [0.25, 0.3) is 5.91 Å². The number of aliphatic carboxylic acids is 1. The minimum absolute atomic E-state index is 0.468. The molecule has 5 heteroatoms. The second-order valence-electron chi connectivity index (χ2n) is 2.98. The van der Waals surface area contributed by atoms with Gasteiger partial charge in [0.05, 0.1) is 0 Å². The minimum Gasteiger partial charge on any atom is -0.478 e. The monoisotopic (exact) mass is 223 g/mol. The molecule has 1 rings (SSSR count). The van der Waals surface area contributed by atoms with Crippen molar-refractivity contribution in [2.24, 2.45) is 0 Å². The van der Waals surface area contributed by atoms with Crippen molar-refractivity contribution in [1.82, 2.24) is 0 Å². The van der Waals surface area contributed by atoms with Crippen LogP contribution in [0.25, 0.3) is 6.08 Å². The SMILES string of the molecule is O=C(O)/C=C/c1ccc(NC(=O)CF)cc1. The van der Waals surface area contributed by atoms with Crippen molar-refractivity contribution in [3.05, 3.63) is 35.9 Å². The highest BCUT2D eigenvalue weighted by Gasteiger charge is 1.99. The molecule has 0 heterocycles. The van der Waals surface area contributed by atoms with E-state index in [0.29, 0.717) is 11.3 Å². The number of carboxylic acids is 1. The summed E-state index contributed by atoms with van der Waals surface area (Å²) in [6, 6.07) is 6.37. The normalized spacial score (nSPS) is 10.3. The quantitative estimate of drug-likeness (QED) is 0.763. The Morgan fingerprint density at radius 1 is 1.31 bits per heavy atom. The summed E-state index contributed by atoms with van der Waals surface area (Å²) in [6.07, 6.45) is 2.43. The Balaban J connectivity index is 2.68. The Morgan fingerprint density at radius 3 is 2.44 bits per heavy atom. The second-order valence-corrected chi connectivity index (χ2v) is 2.98. The predicted octanol–water partition coefficient (Wildman–Crippen LogP) is 1.69. The minimum atomic E-state index is -1.07. The van der Waals surface area contributed by atoms with Crippen molar-refractivity contribution in [1.29, 1.82) is 0 Å². The largest absolute Gasteiger partial charge is 0.478 e. The number of nitrogens with one attached hydrogen (secondary N) is 1. The molecule has 0 aliphatic rings. The van der Waals surface area contributed by atoms with Crippen LogP contribution in [0, 0.1) is 0 Å². The molecule has 2 N–H and O–H groups in total. The highest BCUT2D eigenvalue weighted by Crippen LogP contribution is 2.10. The van der Waals surface area contributed by atoms with E-state index in [-0.39, 0.29) is 0 Å². The van der Waals surface area contributed by atoms with Gasteiger partial charge in [0.1, 0.15) is 0 Å². The molecule has 0 saturated carbocycles. The summed E-state index contributed by atoms with van der Waals surface area (Å²) in [5.41, 5.74) is 1.15. The maximum absolute atomic E-state index is 11.9. The Hall–Kier alpha value is -2.17. The number of amides is 1. The van der Waals surface area contributed by atoms with Gasteiger partial charge in [-0.2, -0.15) is 0 Å². The van der Waals surface area contributed by atoms with E-state index >= 15 is 0 Å². The molecule has 0 spiro atoms. The summed E-state index contributed by atoms with van der Waals surface area (Å²) in [7, 11) is 0. The zero-order chi connectivity index (χ0) is 12.0. The van der Waals surface area contributed by atoms with Crippen LogP contribution in [0.3, 0.4) is 0 Å². The third-order valence-corrected chi connectivity index (χ3v) is 1.73. The molecule has 84 valence electrons. The topological polar surface area (TPSA) is 66.4 Å². The average molecular weight is 223 g/mol. The third kappa shape index (κ3) is 3.91. The Bertz CT molecular complexity index is 412. The molecular formula is C11H10FNO3. The molecule has 0 aromatic heterocycles. The lowest BCUT2D eigenvalue weighted by Crippen LogP contribution is -2.12. The fourth-order valence-corrected chi connectivity index (χ4v) is 1.04. The number of carboxylic acid groups (broad SMARTS) is 1. The van der Waals surface area contributed by atoms with Crippen LogP contribution in [-0.4, -0.2) is 23.7 Å². The van der Waals surface area contributed by atoms with Crippen LogP contribution in [-0.2, 0) is 9.59 Å². The van der Waals surface area contributed by atoms with Gasteiger partial charge in [0.15, 0.2) is 6.67 Å². The van der Waals surface area contributed by atoms with Crippen molar-refractivity contribution in [2.45, 2.75) is 0 Å². The molecule has 16 heavy (non-hydrogen) atoms. The molecular weight excluding hydrogens is 213 g/mol. The molecule has 0 saturated heterocycles. The molecule has 4 nitrogen and oxygen atoms in total. The van der Waals surface area contributed by atoms with Gasteiger partial charge in [-0.15, -0.1) is 0 Å². The molecule has 0 unspecified atom stereocenters. The zero-order valence-corrected chi connectivity index (χ0v) is 8.31. The number of anilines is 1. The van der Waals surface area contributed by atoms with Crippen LogP contribution in [0.4, 0.5) is 10.1 Å². The second kappa shape index (κ2) is 5.65. The first kappa shape index (κ1) is 11.9. The number of halogens is 1. The van der Waals surface area contributed by atoms with Crippen molar-refractivity contribution in [3.63, 3.8) is 0 Å². The van der Waals surface area contributed by atoms with Crippen LogP contribution in [0.15, 0.2) is 30.3 Å². The van der Waals surface area contributed by atoms with Crippen LogP contribution in [0.2, 0.25) is 0 Å². The molecule has 0 atom stereocenters. The van der Waals surface area contributed by atoms with Gasteiger partial charge in [0, 0.05) is 11.8 Å². The standard InChI is InChI=1S/C11H10FNO3/c12-7-10(14)13-9-4-1-8(2-5-9)3-6-11(15)16/h1-6H,7H2,(H,13,14)(H,15,16)/b6-3+. The van der Waals surface area contributed by atoms with Crippen LogP contribution >= 0.6 is 0 Å². The smallest absolute Gasteiger partial charge is 0.328 e. The van der Waals surface area contributed by atoms with E-state index in [9.17, 15) is 14.0 Å². The van der Waals surface area contributed by atoms with E-state index in [1.807, 2.05) is 0 Å². The summed E-state index contributed by atoms with van der Waals surface area (Å²) in [5.74, 6) is -1.75. The van der Waals surface area contributed by atoms with Crippen molar-refractivity contribution in [2.75, 3.05) is 12.0 Å². The average Bonchev–Trinajstić information content (AvgIpc) is 2.28. The highest BCUT2D eigenvalue weighted by atomic mass is 19.1. The van der Waals surface area contributed by atoms with Crippen molar-refractivity contribution < 1.29 is 19.1 Å². The number of carbonyl (C=O) groups excluding carboxylic acids is 1. The fourth-order valence-electron chi connectivity index (χ4n) is 1.04. The van der Waals surface area contributed by atoms with Gasteiger partial charge < -0.3 is 10.4 Å². The molecule has 0 aliphatic heterocycles. The summed E-state index contributed by atoms with van der Waals surface area (Å²) in [4.78, 5) is 20.9. The van der Waals surface area contributed by atoms with Gasteiger partial charge in [-0.25, -0.2) is 9.18 Å². The van der Waals surface area contributed by atoms with Gasteiger partial charge in [-0.3, -0.25) is 4.79 Å². The van der Waals surface area contributed by atoms with Gasteiger partial charge in [-0.05, 0) is 23.8 Å². The fraction of sp³-hybridized carbons (Fsp3) is 0.0909. The van der Waals surface area contributed by atoms with E-state index < -0.39 is 18.6 Å². The number of alkyl halides is 1. The number of benzene rings is 1. The molecule has 1 amide bonds.